The maximum Gasteiger partial charge on any atom is 0.335 e. The van der Waals surface area contributed by atoms with Crippen LogP contribution in [0.4, 0.5) is 0 Å². The van der Waals surface area contributed by atoms with E-state index in [0.717, 1.165) is 31.0 Å². The van der Waals surface area contributed by atoms with Crippen LogP contribution < -0.4 is 0 Å². The molecule has 1 heterocycles. The van der Waals surface area contributed by atoms with Gasteiger partial charge in [0, 0.05) is 23.4 Å². The summed E-state index contributed by atoms with van der Waals surface area (Å²) in [5.41, 5.74) is 0.228. The van der Waals surface area contributed by atoms with Crippen LogP contribution in [0.1, 0.15) is 23.2 Å². The highest BCUT2D eigenvalue weighted by molar-refractivity contribution is 8.00. The summed E-state index contributed by atoms with van der Waals surface area (Å²) in [6, 6.07) is 4.88. The van der Waals surface area contributed by atoms with E-state index < -0.39 is 5.97 Å². The normalized spacial score (nSPS) is 17.0. The number of benzene rings is 1. The summed E-state index contributed by atoms with van der Waals surface area (Å²) >= 11 is 7.78. The zero-order valence-corrected chi connectivity index (χ0v) is 10.8. The van der Waals surface area contributed by atoms with Gasteiger partial charge in [-0.15, -0.1) is 11.8 Å². The maximum atomic E-state index is 10.8. The molecule has 1 aromatic carbocycles. The SMILES string of the molecule is O=C(O)c1ccc(SC2CCOCC2)c(Cl)c1. The molecule has 2 rings (SSSR count). The van der Waals surface area contributed by atoms with Crippen molar-refractivity contribution >= 4 is 29.3 Å². The smallest absolute Gasteiger partial charge is 0.335 e. The summed E-state index contributed by atoms with van der Waals surface area (Å²) < 4.78 is 5.29. The fraction of sp³-hybridized carbons (Fsp3) is 0.417. The van der Waals surface area contributed by atoms with E-state index >= 15 is 0 Å². The van der Waals surface area contributed by atoms with Crippen LogP contribution in [-0.4, -0.2) is 29.5 Å². The van der Waals surface area contributed by atoms with Crippen molar-refractivity contribution in [2.24, 2.45) is 0 Å². The molecule has 0 aliphatic carbocycles. The first kappa shape index (κ1) is 12.7. The van der Waals surface area contributed by atoms with Gasteiger partial charge in [0.25, 0.3) is 0 Å². The predicted octanol–water partition coefficient (Wildman–Crippen LogP) is 3.31. The van der Waals surface area contributed by atoms with Crippen molar-refractivity contribution in [2.75, 3.05) is 13.2 Å². The lowest BCUT2D eigenvalue weighted by molar-refractivity contribution is 0.0697. The van der Waals surface area contributed by atoms with Gasteiger partial charge in [-0.1, -0.05) is 11.6 Å². The number of carboxylic acids is 1. The summed E-state index contributed by atoms with van der Waals surface area (Å²) in [6.45, 7) is 1.59. The van der Waals surface area contributed by atoms with Crippen molar-refractivity contribution in [2.45, 2.75) is 23.0 Å². The second-order valence-corrected chi connectivity index (χ2v) is 5.63. The minimum Gasteiger partial charge on any atom is -0.478 e. The fourth-order valence-corrected chi connectivity index (χ4v) is 3.12. The number of ether oxygens (including phenoxy) is 1. The molecule has 0 spiro atoms. The van der Waals surface area contributed by atoms with E-state index in [1.54, 1.807) is 23.9 Å². The van der Waals surface area contributed by atoms with Crippen LogP contribution in [0.3, 0.4) is 0 Å². The van der Waals surface area contributed by atoms with Crippen LogP contribution in [0.2, 0.25) is 5.02 Å². The third-order valence-electron chi connectivity index (χ3n) is 2.64. The Labute approximate surface area is 109 Å². The Kier molecular flexibility index (Phi) is 4.31. The number of hydrogen-bond acceptors (Lipinski definition) is 3. The average molecular weight is 273 g/mol. The first-order chi connectivity index (χ1) is 8.16. The number of thioether (sulfide) groups is 1. The minimum atomic E-state index is -0.950. The molecule has 0 bridgehead atoms. The molecule has 0 amide bonds. The van der Waals surface area contributed by atoms with Gasteiger partial charge in [-0.2, -0.15) is 0 Å². The molecule has 1 N–H and O–H groups in total. The van der Waals surface area contributed by atoms with Crippen LogP contribution in [0.5, 0.6) is 0 Å². The van der Waals surface area contributed by atoms with Crippen molar-refractivity contribution in [3.63, 3.8) is 0 Å². The molecule has 0 saturated carbocycles. The lowest BCUT2D eigenvalue weighted by Gasteiger charge is -2.21. The van der Waals surface area contributed by atoms with Crippen LogP contribution >= 0.6 is 23.4 Å². The first-order valence-electron chi connectivity index (χ1n) is 5.44. The molecular weight excluding hydrogens is 260 g/mol. The molecule has 3 nitrogen and oxygen atoms in total. The summed E-state index contributed by atoms with van der Waals surface area (Å²) in [4.78, 5) is 11.7. The Hall–Kier alpha value is -0.710. The predicted molar refractivity (Wildman–Crippen MR) is 68.1 cm³/mol. The van der Waals surface area contributed by atoms with Crippen molar-refractivity contribution in [1.29, 1.82) is 0 Å². The lowest BCUT2D eigenvalue weighted by Crippen LogP contribution is -2.17. The third-order valence-corrected chi connectivity index (χ3v) is 4.48. The van der Waals surface area contributed by atoms with Crippen LogP contribution in [0.15, 0.2) is 23.1 Å². The first-order valence-corrected chi connectivity index (χ1v) is 6.70. The Morgan fingerprint density at radius 1 is 1.41 bits per heavy atom. The molecule has 1 saturated heterocycles. The monoisotopic (exact) mass is 272 g/mol. The van der Waals surface area contributed by atoms with Gasteiger partial charge in [-0.3, -0.25) is 0 Å². The molecule has 0 unspecified atom stereocenters. The Morgan fingerprint density at radius 3 is 2.71 bits per heavy atom. The van der Waals surface area contributed by atoms with E-state index in [2.05, 4.69) is 0 Å². The van der Waals surface area contributed by atoms with E-state index in [0.29, 0.717) is 10.3 Å². The van der Waals surface area contributed by atoms with Gasteiger partial charge in [0.15, 0.2) is 0 Å². The van der Waals surface area contributed by atoms with E-state index in [1.165, 1.54) is 6.07 Å². The fourth-order valence-electron chi connectivity index (χ4n) is 1.70. The molecule has 1 aliphatic heterocycles. The van der Waals surface area contributed by atoms with E-state index in [9.17, 15) is 4.79 Å². The largest absolute Gasteiger partial charge is 0.478 e. The quantitative estimate of drug-likeness (QED) is 0.917. The summed E-state index contributed by atoms with van der Waals surface area (Å²) in [5.74, 6) is -0.950. The zero-order valence-electron chi connectivity index (χ0n) is 9.19. The van der Waals surface area contributed by atoms with Crippen LogP contribution in [-0.2, 0) is 4.74 Å². The van der Waals surface area contributed by atoms with Crippen LogP contribution in [0.25, 0.3) is 0 Å². The van der Waals surface area contributed by atoms with Gasteiger partial charge in [-0.25, -0.2) is 4.79 Å². The number of carboxylic acid groups (broad SMARTS) is 1. The summed E-state index contributed by atoms with van der Waals surface area (Å²) in [5, 5.41) is 9.87. The van der Waals surface area contributed by atoms with Crippen molar-refractivity contribution in [3.8, 4) is 0 Å². The number of carbonyl (C=O) groups is 1. The van der Waals surface area contributed by atoms with E-state index in [1.807, 2.05) is 0 Å². The lowest BCUT2D eigenvalue weighted by atomic mass is 10.2. The topological polar surface area (TPSA) is 46.5 Å². The van der Waals surface area contributed by atoms with E-state index in [-0.39, 0.29) is 5.56 Å². The molecule has 5 heteroatoms. The van der Waals surface area contributed by atoms with Crippen molar-refractivity contribution in [3.05, 3.63) is 28.8 Å². The van der Waals surface area contributed by atoms with Crippen molar-refractivity contribution < 1.29 is 14.6 Å². The zero-order chi connectivity index (χ0) is 12.3. The molecule has 1 fully saturated rings. The molecule has 1 aromatic rings. The molecule has 17 heavy (non-hydrogen) atoms. The van der Waals surface area contributed by atoms with Gasteiger partial charge in [-0.05, 0) is 31.0 Å². The highest BCUT2D eigenvalue weighted by atomic mass is 35.5. The molecular formula is C12H13ClO3S. The number of hydrogen-bond donors (Lipinski definition) is 1. The molecule has 0 aromatic heterocycles. The average Bonchev–Trinajstić information content (AvgIpc) is 2.33. The molecule has 0 radical (unpaired) electrons. The number of rotatable bonds is 3. The summed E-state index contributed by atoms with van der Waals surface area (Å²) in [7, 11) is 0. The maximum absolute atomic E-state index is 10.8. The van der Waals surface area contributed by atoms with Gasteiger partial charge in [0.05, 0.1) is 10.6 Å². The molecule has 0 atom stereocenters. The van der Waals surface area contributed by atoms with Gasteiger partial charge < -0.3 is 9.84 Å². The highest BCUT2D eigenvalue weighted by Gasteiger charge is 2.17. The van der Waals surface area contributed by atoms with Gasteiger partial charge in [0.2, 0.25) is 0 Å². The van der Waals surface area contributed by atoms with Crippen LogP contribution in [0, 0.1) is 0 Å². The Bertz CT molecular complexity index is 416. The third kappa shape index (κ3) is 3.37. The molecule has 92 valence electrons. The highest BCUT2D eigenvalue weighted by Crippen LogP contribution is 2.34. The minimum absolute atomic E-state index is 0.228. The Balaban J connectivity index is 2.08. The second-order valence-electron chi connectivity index (χ2n) is 3.88. The standard InChI is InChI=1S/C12H13ClO3S/c13-10-7-8(12(14)15)1-2-11(10)17-9-3-5-16-6-4-9/h1-2,7,9H,3-6H2,(H,14,15). The molecule has 1 aliphatic rings. The van der Waals surface area contributed by atoms with Gasteiger partial charge in [0.1, 0.15) is 0 Å². The van der Waals surface area contributed by atoms with Crippen molar-refractivity contribution in [1.82, 2.24) is 0 Å². The van der Waals surface area contributed by atoms with Gasteiger partial charge >= 0.3 is 5.97 Å². The summed E-state index contributed by atoms with van der Waals surface area (Å²) in [6.07, 6.45) is 2.03. The number of aromatic carboxylic acids is 1. The second kappa shape index (κ2) is 5.76. The Morgan fingerprint density at radius 2 is 2.12 bits per heavy atom. The van der Waals surface area contributed by atoms with E-state index in [4.69, 9.17) is 21.4 Å². The number of halogens is 1.